The van der Waals surface area contributed by atoms with E-state index in [1.54, 1.807) is 6.92 Å². The summed E-state index contributed by atoms with van der Waals surface area (Å²) in [5.41, 5.74) is 0.760. The molecule has 0 amide bonds. The van der Waals surface area contributed by atoms with Gasteiger partial charge in [-0.3, -0.25) is 4.55 Å². The second-order valence-electron chi connectivity index (χ2n) is 3.79. The van der Waals surface area contributed by atoms with Gasteiger partial charge in [0.15, 0.2) is 0 Å². The SMILES string of the molecule is CCCCc1c(O)ccc(C)c1S(=O)(=O)O. The number of rotatable bonds is 4. The van der Waals surface area contributed by atoms with Gasteiger partial charge in [0.05, 0.1) is 0 Å². The van der Waals surface area contributed by atoms with Crippen LogP contribution < -0.4 is 0 Å². The van der Waals surface area contributed by atoms with Gasteiger partial charge in [-0.2, -0.15) is 8.42 Å². The van der Waals surface area contributed by atoms with Gasteiger partial charge >= 0.3 is 0 Å². The normalized spacial score (nSPS) is 11.7. The Hall–Kier alpha value is -1.07. The number of hydrogen-bond acceptors (Lipinski definition) is 3. The van der Waals surface area contributed by atoms with Crippen LogP contribution in [0.1, 0.15) is 30.9 Å². The molecule has 0 atom stereocenters. The van der Waals surface area contributed by atoms with Crippen LogP contribution in [0.25, 0.3) is 0 Å². The highest BCUT2D eigenvalue weighted by atomic mass is 32.2. The summed E-state index contributed by atoms with van der Waals surface area (Å²) in [5, 5.41) is 9.63. The third kappa shape index (κ3) is 2.74. The summed E-state index contributed by atoms with van der Waals surface area (Å²) in [4.78, 5) is -0.152. The van der Waals surface area contributed by atoms with Crippen LogP contribution in [-0.2, 0) is 16.5 Å². The fourth-order valence-corrected chi connectivity index (χ4v) is 2.68. The molecule has 0 aliphatic heterocycles. The predicted octanol–water partition coefficient (Wildman–Crippen LogP) is 2.29. The van der Waals surface area contributed by atoms with Crippen LogP contribution in [0.15, 0.2) is 17.0 Å². The van der Waals surface area contributed by atoms with Gasteiger partial charge in [0.2, 0.25) is 0 Å². The van der Waals surface area contributed by atoms with Crippen molar-refractivity contribution in [2.45, 2.75) is 38.0 Å². The minimum Gasteiger partial charge on any atom is -0.508 e. The molecule has 16 heavy (non-hydrogen) atoms. The molecule has 0 unspecified atom stereocenters. The molecule has 0 bridgehead atoms. The lowest BCUT2D eigenvalue weighted by atomic mass is 10.0. The molecule has 4 nitrogen and oxygen atoms in total. The molecule has 0 aromatic heterocycles. The lowest BCUT2D eigenvalue weighted by molar-refractivity contribution is 0.456. The maximum absolute atomic E-state index is 11.2. The van der Waals surface area contributed by atoms with Crippen molar-refractivity contribution >= 4 is 10.1 Å². The summed E-state index contributed by atoms with van der Waals surface area (Å²) >= 11 is 0. The number of phenolic OH excluding ortho intramolecular Hbond substituents is 1. The highest BCUT2D eigenvalue weighted by Gasteiger charge is 2.20. The molecule has 2 N–H and O–H groups in total. The van der Waals surface area contributed by atoms with Crippen molar-refractivity contribution in [2.75, 3.05) is 0 Å². The highest BCUT2D eigenvalue weighted by Crippen LogP contribution is 2.29. The van der Waals surface area contributed by atoms with Gasteiger partial charge in [-0.25, -0.2) is 0 Å². The fraction of sp³-hybridized carbons (Fsp3) is 0.455. The van der Waals surface area contributed by atoms with Gasteiger partial charge in [0, 0.05) is 5.56 Å². The van der Waals surface area contributed by atoms with Crippen molar-refractivity contribution in [3.63, 3.8) is 0 Å². The molecule has 0 heterocycles. The second kappa shape index (κ2) is 4.84. The van der Waals surface area contributed by atoms with E-state index < -0.39 is 10.1 Å². The van der Waals surface area contributed by atoms with Crippen molar-refractivity contribution in [1.82, 2.24) is 0 Å². The van der Waals surface area contributed by atoms with E-state index >= 15 is 0 Å². The third-order valence-electron chi connectivity index (χ3n) is 2.47. The molecule has 1 rings (SSSR count). The molecule has 0 spiro atoms. The molecular formula is C11H16O4S. The Labute approximate surface area is 95.7 Å². The fourth-order valence-electron chi connectivity index (χ4n) is 1.69. The first kappa shape index (κ1) is 13.0. The molecule has 0 aliphatic carbocycles. The zero-order chi connectivity index (χ0) is 12.3. The number of phenols is 1. The van der Waals surface area contributed by atoms with E-state index in [9.17, 15) is 13.5 Å². The van der Waals surface area contributed by atoms with Crippen LogP contribution in [0.3, 0.4) is 0 Å². The van der Waals surface area contributed by atoms with Crippen LogP contribution in [0, 0.1) is 6.92 Å². The van der Waals surface area contributed by atoms with Gasteiger partial charge in [-0.15, -0.1) is 0 Å². The number of aromatic hydroxyl groups is 1. The van der Waals surface area contributed by atoms with Crippen molar-refractivity contribution in [3.05, 3.63) is 23.3 Å². The largest absolute Gasteiger partial charge is 0.508 e. The summed E-state index contributed by atoms with van der Waals surface area (Å²) < 4.78 is 31.6. The Kier molecular flexibility index (Phi) is 3.93. The Bertz CT molecular complexity index is 477. The average molecular weight is 244 g/mol. The molecule has 0 fully saturated rings. The predicted molar refractivity (Wildman–Crippen MR) is 61.3 cm³/mol. The molecule has 1 aromatic carbocycles. The third-order valence-corrected chi connectivity index (χ3v) is 3.56. The van der Waals surface area contributed by atoms with Gasteiger partial charge < -0.3 is 5.11 Å². The van der Waals surface area contributed by atoms with Gasteiger partial charge in [0.1, 0.15) is 10.6 Å². The summed E-state index contributed by atoms with van der Waals surface area (Å²) in [6.07, 6.45) is 2.09. The lowest BCUT2D eigenvalue weighted by Crippen LogP contribution is -2.06. The van der Waals surface area contributed by atoms with Crippen LogP contribution in [0.4, 0.5) is 0 Å². The quantitative estimate of drug-likeness (QED) is 0.797. The molecule has 90 valence electrons. The summed E-state index contributed by atoms with van der Waals surface area (Å²) in [7, 11) is -4.28. The van der Waals surface area contributed by atoms with Crippen LogP contribution in [0.2, 0.25) is 0 Å². The van der Waals surface area contributed by atoms with Crippen molar-refractivity contribution in [2.24, 2.45) is 0 Å². The van der Waals surface area contributed by atoms with Crippen LogP contribution in [-0.4, -0.2) is 18.1 Å². The summed E-state index contributed by atoms with van der Waals surface area (Å²) in [6, 6.07) is 2.93. The van der Waals surface area contributed by atoms with E-state index in [0.29, 0.717) is 17.5 Å². The van der Waals surface area contributed by atoms with E-state index in [2.05, 4.69) is 0 Å². The highest BCUT2D eigenvalue weighted by molar-refractivity contribution is 7.86. The standard InChI is InChI=1S/C11H16O4S/c1-3-4-5-9-10(12)7-6-8(2)11(9)16(13,14)15/h6-7,12H,3-5H2,1-2H3,(H,13,14,15). The lowest BCUT2D eigenvalue weighted by Gasteiger charge is -2.11. The topological polar surface area (TPSA) is 74.6 Å². The maximum Gasteiger partial charge on any atom is 0.295 e. The number of unbranched alkanes of at least 4 members (excludes halogenated alkanes) is 1. The molecule has 0 radical (unpaired) electrons. The summed E-state index contributed by atoms with van der Waals surface area (Å²) in [6.45, 7) is 3.57. The van der Waals surface area contributed by atoms with Crippen molar-refractivity contribution in [1.29, 1.82) is 0 Å². The number of hydrogen-bond donors (Lipinski definition) is 2. The van der Waals surface area contributed by atoms with Crippen molar-refractivity contribution in [3.8, 4) is 5.75 Å². The monoisotopic (exact) mass is 244 g/mol. The van der Waals surface area contributed by atoms with E-state index in [4.69, 9.17) is 4.55 Å². The minimum absolute atomic E-state index is 0.0772. The molecule has 1 aromatic rings. The molecule has 0 saturated heterocycles. The molecule has 0 aliphatic rings. The Morgan fingerprint density at radius 2 is 1.94 bits per heavy atom. The van der Waals surface area contributed by atoms with Gasteiger partial charge in [-0.05, 0) is 31.4 Å². The van der Waals surface area contributed by atoms with Crippen molar-refractivity contribution < 1.29 is 18.1 Å². The smallest absolute Gasteiger partial charge is 0.295 e. The second-order valence-corrected chi connectivity index (χ2v) is 5.15. The van der Waals surface area contributed by atoms with Crippen LogP contribution in [0.5, 0.6) is 5.75 Å². The van der Waals surface area contributed by atoms with E-state index in [0.717, 1.165) is 12.8 Å². The number of aryl methyl sites for hydroxylation is 1. The summed E-state index contributed by atoms with van der Waals surface area (Å²) in [5.74, 6) is -0.0772. The zero-order valence-electron chi connectivity index (χ0n) is 9.40. The average Bonchev–Trinajstić information content (AvgIpc) is 2.17. The minimum atomic E-state index is -4.28. The Morgan fingerprint density at radius 3 is 2.44 bits per heavy atom. The molecule has 5 heteroatoms. The molecule has 0 saturated carbocycles. The first-order valence-corrected chi connectivity index (χ1v) is 6.61. The molecular weight excluding hydrogens is 228 g/mol. The zero-order valence-corrected chi connectivity index (χ0v) is 10.2. The van der Waals surface area contributed by atoms with Gasteiger partial charge in [0.25, 0.3) is 10.1 Å². The van der Waals surface area contributed by atoms with E-state index in [-0.39, 0.29) is 10.6 Å². The van der Waals surface area contributed by atoms with E-state index in [1.165, 1.54) is 12.1 Å². The first-order chi connectivity index (χ1) is 7.38. The van der Waals surface area contributed by atoms with Gasteiger partial charge in [-0.1, -0.05) is 19.4 Å². The maximum atomic E-state index is 11.2. The number of benzene rings is 1. The first-order valence-electron chi connectivity index (χ1n) is 5.16. The van der Waals surface area contributed by atoms with E-state index in [1.807, 2.05) is 6.92 Å². The Morgan fingerprint density at radius 1 is 1.31 bits per heavy atom. The Balaban J connectivity index is 3.38. The van der Waals surface area contributed by atoms with Crippen LogP contribution >= 0.6 is 0 Å².